The minimum Gasteiger partial charge on any atom is -0.393 e. The Labute approximate surface area is 119 Å². The first-order valence-electron chi connectivity index (χ1n) is 7.25. The standard InChI is InChI=1S/C16H20N2O2/c1-10(19)13-4-2-11(7-17)6-15(13)18-8-12-3-5-16(20)14(12)9-18/h2,4,6,10,12,14,16,19-20H,3,5,8-9H2,1H3/t10-,12?,14?,16?/m1/s1. The normalized spacial score (nSPS) is 30.1. The van der Waals surface area contributed by atoms with Gasteiger partial charge in [-0.25, -0.2) is 0 Å². The second-order valence-corrected chi connectivity index (χ2v) is 6.03. The highest BCUT2D eigenvalue weighted by molar-refractivity contribution is 5.59. The van der Waals surface area contributed by atoms with E-state index in [1.54, 1.807) is 13.0 Å². The van der Waals surface area contributed by atoms with Gasteiger partial charge in [0.1, 0.15) is 0 Å². The maximum absolute atomic E-state index is 10.0. The van der Waals surface area contributed by atoms with Gasteiger partial charge in [0.15, 0.2) is 0 Å². The van der Waals surface area contributed by atoms with Gasteiger partial charge in [-0.15, -0.1) is 0 Å². The third-order valence-corrected chi connectivity index (χ3v) is 4.77. The van der Waals surface area contributed by atoms with Gasteiger partial charge in [0.25, 0.3) is 0 Å². The molecular formula is C16H20N2O2. The highest BCUT2D eigenvalue weighted by Crippen LogP contribution is 2.41. The summed E-state index contributed by atoms with van der Waals surface area (Å²) in [7, 11) is 0. The number of anilines is 1. The third-order valence-electron chi connectivity index (χ3n) is 4.77. The molecule has 2 fully saturated rings. The molecule has 20 heavy (non-hydrogen) atoms. The molecule has 1 aliphatic carbocycles. The van der Waals surface area contributed by atoms with Crippen LogP contribution in [0.3, 0.4) is 0 Å². The number of nitriles is 1. The fraction of sp³-hybridized carbons (Fsp3) is 0.562. The molecule has 4 nitrogen and oxygen atoms in total. The number of aliphatic hydroxyl groups excluding tert-OH is 2. The summed E-state index contributed by atoms with van der Waals surface area (Å²) in [6.07, 6.45) is 1.23. The Balaban J connectivity index is 1.92. The minimum absolute atomic E-state index is 0.195. The Hall–Kier alpha value is -1.57. The summed E-state index contributed by atoms with van der Waals surface area (Å²) in [5.74, 6) is 0.875. The van der Waals surface area contributed by atoms with Crippen molar-refractivity contribution in [1.29, 1.82) is 5.26 Å². The smallest absolute Gasteiger partial charge is 0.0992 e. The molecule has 3 rings (SSSR count). The fourth-order valence-corrected chi connectivity index (χ4v) is 3.67. The van der Waals surface area contributed by atoms with Crippen LogP contribution >= 0.6 is 0 Å². The van der Waals surface area contributed by atoms with Crippen LogP contribution in [0.5, 0.6) is 0 Å². The number of aliphatic hydroxyl groups is 2. The van der Waals surface area contributed by atoms with Crippen LogP contribution < -0.4 is 4.90 Å². The lowest BCUT2D eigenvalue weighted by molar-refractivity contribution is 0.133. The van der Waals surface area contributed by atoms with Gasteiger partial charge in [0, 0.05) is 30.3 Å². The SMILES string of the molecule is C[C@@H](O)c1ccc(C#N)cc1N1CC2CCC(O)C2C1. The Morgan fingerprint density at radius 2 is 2.15 bits per heavy atom. The maximum Gasteiger partial charge on any atom is 0.0992 e. The lowest BCUT2D eigenvalue weighted by Gasteiger charge is -2.25. The van der Waals surface area contributed by atoms with Gasteiger partial charge < -0.3 is 15.1 Å². The van der Waals surface area contributed by atoms with Crippen molar-refractivity contribution in [3.63, 3.8) is 0 Å². The average Bonchev–Trinajstić information content (AvgIpc) is 3.00. The van der Waals surface area contributed by atoms with Crippen LogP contribution in [0.2, 0.25) is 0 Å². The van der Waals surface area contributed by atoms with Crippen LogP contribution in [-0.4, -0.2) is 29.4 Å². The van der Waals surface area contributed by atoms with E-state index in [1.807, 2.05) is 12.1 Å². The number of rotatable bonds is 2. The second-order valence-electron chi connectivity index (χ2n) is 6.03. The molecule has 1 aliphatic heterocycles. The van der Waals surface area contributed by atoms with E-state index in [1.165, 1.54) is 0 Å². The number of benzene rings is 1. The van der Waals surface area contributed by atoms with Gasteiger partial charge in [-0.05, 0) is 37.8 Å². The molecule has 1 saturated heterocycles. The molecule has 1 saturated carbocycles. The highest BCUT2D eigenvalue weighted by Gasteiger charge is 2.42. The van der Waals surface area contributed by atoms with Crippen molar-refractivity contribution in [2.24, 2.45) is 11.8 Å². The van der Waals surface area contributed by atoms with E-state index in [2.05, 4.69) is 11.0 Å². The first kappa shape index (κ1) is 13.4. The number of nitrogens with zero attached hydrogens (tertiary/aromatic N) is 2. The molecule has 0 bridgehead atoms. The van der Waals surface area contributed by atoms with E-state index in [-0.39, 0.29) is 6.10 Å². The summed E-state index contributed by atoms with van der Waals surface area (Å²) in [5.41, 5.74) is 2.42. The van der Waals surface area contributed by atoms with Gasteiger partial charge in [0.05, 0.1) is 23.8 Å². The molecule has 1 heterocycles. The summed E-state index contributed by atoms with van der Waals surface area (Å²) in [4.78, 5) is 2.22. The van der Waals surface area contributed by atoms with Gasteiger partial charge in [-0.3, -0.25) is 0 Å². The molecule has 4 heteroatoms. The van der Waals surface area contributed by atoms with Gasteiger partial charge in [0.2, 0.25) is 0 Å². The quantitative estimate of drug-likeness (QED) is 0.861. The third kappa shape index (κ3) is 2.17. The lowest BCUT2D eigenvalue weighted by atomic mass is 10.00. The van der Waals surface area contributed by atoms with Crippen molar-refractivity contribution in [2.75, 3.05) is 18.0 Å². The van der Waals surface area contributed by atoms with Crippen LogP contribution in [0.25, 0.3) is 0 Å². The van der Waals surface area contributed by atoms with Crippen molar-refractivity contribution in [1.82, 2.24) is 0 Å². The zero-order chi connectivity index (χ0) is 14.3. The van der Waals surface area contributed by atoms with Crippen LogP contribution in [0.1, 0.15) is 37.0 Å². The average molecular weight is 272 g/mol. The van der Waals surface area contributed by atoms with E-state index < -0.39 is 6.10 Å². The second kappa shape index (κ2) is 5.08. The Kier molecular flexibility index (Phi) is 3.41. The van der Waals surface area contributed by atoms with Crippen LogP contribution in [-0.2, 0) is 0 Å². The summed E-state index contributed by atoms with van der Waals surface area (Å²) < 4.78 is 0. The van der Waals surface area contributed by atoms with Gasteiger partial charge in [-0.1, -0.05) is 6.07 Å². The van der Waals surface area contributed by atoms with Crippen LogP contribution in [0, 0.1) is 23.2 Å². The Morgan fingerprint density at radius 3 is 2.80 bits per heavy atom. The van der Waals surface area contributed by atoms with Crippen molar-refractivity contribution in [3.05, 3.63) is 29.3 Å². The monoisotopic (exact) mass is 272 g/mol. The predicted octanol–water partition coefficient (Wildman–Crippen LogP) is 1.82. The topological polar surface area (TPSA) is 67.5 Å². The van der Waals surface area contributed by atoms with Crippen molar-refractivity contribution >= 4 is 5.69 Å². The zero-order valence-electron chi connectivity index (χ0n) is 11.7. The van der Waals surface area contributed by atoms with E-state index >= 15 is 0 Å². The number of fused-ring (bicyclic) bond motifs is 1. The van der Waals surface area contributed by atoms with Crippen molar-refractivity contribution < 1.29 is 10.2 Å². The fourth-order valence-electron chi connectivity index (χ4n) is 3.67. The van der Waals surface area contributed by atoms with Crippen LogP contribution in [0.4, 0.5) is 5.69 Å². The summed E-state index contributed by atoms with van der Waals surface area (Å²) in [6, 6.07) is 7.60. The molecule has 0 amide bonds. The molecule has 2 N–H and O–H groups in total. The van der Waals surface area contributed by atoms with Gasteiger partial charge in [-0.2, -0.15) is 5.26 Å². The maximum atomic E-state index is 10.0. The van der Waals surface area contributed by atoms with Crippen molar-refractivity contribution in [3.8, 4) is 6.07 Å². The van der Waals surface area contributed by atoms with Crippen LogP contribution in [0.15, 0.2) is 18.2 Å². The number of hydrogen-bond donors (Lipinski definition) is 2. The summed E-state index contributed by atoms with van der Waals surface area (Å²) >= 11 is 0. The predicted molar refractivity (Wildman–Crippen MR) is 76.2 cm³/mol. The first-order valence-corrected chi connectivity index (χ1v) is 7.25. The van der Waals surface area contributed by atoms with E-state index in [4.69, 9.17) is 5.26 Å². The highest BCUT2D eigenvalue weighted by atomic mass is 16.3. The molecule has 106 valence electrons. The minimum atomic E-state index is -0.553. The molecule has 0 spiro atoms. The van der Waals surface area contributed by atoms with Crippen molar-refractivity contribution in [2.45, 2.75) is 32.0 Å². The number of hydrogen-bond acceptors (Lipinski definition) is 4. The molecule has 1 aromatic carbocycles. The summed E-state index contributed by atoms with van der Waals surface area (Å²) in [5, 5.41) is 29.0. The molecule has 4 atom stereocenters. The van der Waals surface area contributed by atoms with Gasteiger partial charge >= 0.3 is 0 Å². The summed E-state index contributed by atoms with van der Waals surface area (Å²) in [6.45, 7) is 3.48. The largest absolute Gasteiger partial charge is 0.393 e. The van der Waals surface area contributed by atoms with E-state index in [9.17, 15) is 10.2 Å². The molecule has 1 aromatic rings. The molecular weight excluding hydrogens is 252 g/mol. The Morgan fingerprint density at radius 1 is 1.35 bits per heavy atom. The molecule has 0 aromatic heterocycles. The Bertz CT molecular complexity index is 550. The molecule has 3 unspecified atom stereocenters. The first-order chi connectivity index (χ1) is 9.60. The molecule has 0 radical (unpaired) electrons. The van der Waals surface area contributed by atoms with E-state index in [0.717, 1.165) is 37.2 Å². The molecule has 2 aliphatic rings. The van der Waals surface area contributed by atoms with E-state index in [0.29, 0.717) is 17.4 Å². The zero-order valence-corrected chi connectivity index (χ0v) is 11.7. The lowest BCUT2D eigenvalue weighted by Crippen LogP contribution is -2.25.